The van der Waals surface area contributed by atoms with Gasteiger partial charge >= 0.3 is 0 Å². The molecule has 0 aliphatic heterocycles. The SMILES string of the molecule is CCCOc1cccc(C(=O)Nc2ccc(I)cc2F)c1. The van der Waals surface area contributed by atoms with Gasteiger partial charge in [-0.25, -0.2) is 4.39 Å². The molecule has 5 heteroatoms. The van der Waals surface area contributed by atoms with Gasteiger partial charge in [0.2, 0.25) is 0 Å². The monoisotopic (exact) mass is 399 g/mol. The minimum atomic E-state index is -0.450. The van der Waals surface area contributed by atoms with Crippen LogP contribution in [0.25, 0.3) is 0 Å². The summed E-state index contributed by atoms with van der Waals surface area (Å²) in [6.07, 6.45) is 0.893. The molecule has 2 aromatic rings. The van der Waals surface area contributed by atoms with Gasteiger partial charge in [0.05, 0.1) is 12.3 Å². The first-order valence-electron chi connectivity index (χ1n) is 6.59. The molecular weight excluding hydrogens is 384 g/mol. The standard InChI is InChI=1S/C16H15FINO2/c1-2-8-21-13-5-3-4-11(9-13)16(20)19-15-7-6-12(18)10-14(15)17/h3-7,9-10H,2,8H2,1H3,(H,19,20). The van der Waals surface area contributed by atoms with Crippen LogP contribution in [0.4, 0.5) is 10.1 Å². The van der Waals surface area contributed by atoms with Gasteiger partial charge in [0.25, 0.3) is 5.91 Å². The zero-order chi connectivity index (χ0) is 15.2. The van der Waals surface area contributed by atoms with Gasteiger partial charge in [-0.15, -0.1) is 0 Å². The van der Waals surface area contributed by atoms with Crippen LogP contribution in [0.15, 0.2) is 42.5 Å². The lowest BCUT2D eigenvalue weighted by Crippen LogP contribution is -2.13. The predicted molar refractivity (Wildman–Crippen MR) is 89.3 cm³/mol. The molecule has 0 aliphatic carbocycles. The summed E-state index contributed by atoms with van der Waals surface area (Å²) in [5.41, 5.74) is 0.599. The maximum atomic E-state index is 13.7. The van der Waals surface area contributed by atoms with Crippen LogP contribution in [0.1, 0.15) is 23.7 Å². The Morgan fingerprint density at radius 1 is 1.29 bits per heavy atom. The summed E-state index contributed by atoms with van der Waals surface area (Å²) < 4.78 is 20.0. The van der Waals surface area contributed by atoms with Crippen molar-refractivity contribution in [3.63, 3.8) is 0 Å². The smallest absolute Gasteiger partial charge is 0.255 e. The van der Waals surface area contributed by atoms with E-state index in [9.17, 15) is 9.18 Å². The highest BCUT2D eigenvalue weighted by atomic mass is 127. The fraction of sp³-hybridized carbons (Fsp3) is 0.188. The van der Waals surface area contributed by atoms with E-state index in [1.165, 1.54) is 6.07 Å². The third-order valence-electron chi connectivity index (χ3n) is 2.75. The Balaban J connectivity index is 2.12. The number of benzene rings is 2. The van der Waals surface area contributed by atoms with Gasteiger partial charge in [0.1, 0.15) is 11.6 Å². The number of ether oxygens (including phenoxy) is 1. The molecule has 0 heterocycles. The maximum absolute atomic E-state index is 13.7. The number of hydrogen-bond acceptors (Lipinski definition) is 2. The van der Waals surface area contributed by atoms with Crippen molar-refractivity contribution in [2.45, 2.75) is 13.3 Å². The van der Waals surface area contributed by atoms with Gasteiger partial charge in [0, 0.05) is 9.13 Å². The second-order valence-electron chi connectivity index (χ2n) is 4.45. The summed E-state index contributed by atoms with van der Waals surface area (Å²) in [5.74, 6) is -0.182. The lowest BCUT2D eigenvalue weighted by molar-refractivity contribution is 0.102. The molecule has 0 unspecified atom stereocenters. The van der Waals surface area contributed by atoms with E-state index in [1.54, 1.807) is 36.4 Å². The van der Waals surface area contributed by atoms with Crippen molar-refractivity contribution in [2.24, 2.45) is 0 Å². The highest BCUT2D eigenvalue weighted by molar-refractivity contribution is 14.1. The Bertz CT molecular complexity index is 646. The van der Waals surface area contributed by atoms with E-state index in [0.717, 1.165) is 9.99 Å². The quantitative estimate of drug-likeness (QED) is 0.754. The van der Waals surface area contributed by atoms with Crippen molar-refractivity contribution < 1.29 is 13.9 Å². The Morgan fingerprint density at radius 3 is 2.81 bits per heavy atom. The zero-order valence-electron chi connectivity index (χ0n) is 11.5. The van der Waals surface area contributed by atoms with Crippen molar-refractivity contribution >= 4 is 34.2 Å². The first kappa shape index (κ1) is 15.8. The van der Waals surface area contributed by atoms with Crippen LogP contribution >= 0.6 is 22.6 Å². The van der Waals surface area contributed by atoms with Crippen LogP contribution in [0.5, 0.6) is 5.75 Å². The van der Waals surface area contributed by atoms with E-state index in [-0.39, 0.29) is 11.6 Å². The molecule has 1 amide bonds. The molecule has 0 fully saturated rings. The number of carbonyl (C=O) groups is 1. The molecule has 0 aliphatic rings. The van der Waals surface area contributed by atoms with Crippen molar-refractivity contribution in [2.75, 3.05) is 11.9 Å². The average molecular weight is 399 g/mol. The summed E-state index contributed by atoms with van der Waals surface area (Å²) in [5, 5.41) is 2.56. The number of nitrogens with one attached hydrogen (secondary N) is 1. The summed E-state index contributed by atoms with van der Waals surface area (Å²) in [6.45, 7) is 2.60. The highest BCUT2D eigenvalue weighted by Gasteiger charge is 2.10. The molecule has 1 N–H and O–H groups in total. The van der Waals surface area contributed by atoms with Crippen LogP contribution in [0, 0.1) is 9.39 Å². The molecule has 0 saturated heterocycles. The van der Waals surface area contributed by atoms with Crippen LogP contribution in [0.3, 0.4) is 0 Å². The van der Waals surface area contributed by atoms with Crippen molar-refractivity contribution in [3.8, 4) is 5.75 Å². The molecule has 0 atom stereocenters. The Labute approximate surface area is 136 Å². The molecular formula is C16H15FINO2. The number of anilines is 1. The molecule has 2 rings (SSSR count). The van der Waals surface area contributed by atoms with E-state index in [2.05, 4.69) is 5.32 Å². The van der Waals surface area contributed by atoms with E-state index < -0.39 is 5.82 Å². The van der Waals surface area contributed by atoms with Gasteiger partial charge in [0.15, 0.2) is 0 Å². The number of hydrogen-bond donors (Lipinski definition) is 1. The van der Waals surface area contributed by atoms with Gasteiger partial charge in [-0.05, 0) is 65.4 Å². The van der Waals surface area contributed by atoms with Gasteiger partial charge in [-0.2, -0.15) is 0 Å². The highest BCUT2D eigenvalue weighted by Crippen LogP contribution is 2.19. The Morgan fingerprint density at radius 2 is 2.10 bits per heavy atom. The lowest BCUT2D eigenvalue weighted by atomic mass is 10.2. The van der Waals surface area contributed by atoms with Gasteiger partial charge in [-0.1, -0.05) is 13.0 Å². The molecule has 21 heavy (non-hydrogen) atoms. The number of rotatable bonds is 5. The largest absolute Gasteiger partial charge is 0.494 e. The number of carbonyl (C=O) groups excluding carboxylic acids is 1. The van der Waals surface area contributed by atoms with Crippen LogP contribution in [0.2, 0.25) is 0 Å². The van der Waals surface area contributed by atoms with Crippen LogP contribution < -0.4 is 10.1 Å². The molecule has 0 radical (unpaired) electrons. The summed E-state index contributed by atoms with van der Waals surface area (Å²) >= 11 is 2.02. The third kappa shape index (κ3) is 4.42. The molecule has 3 nitrogen and oxygen atoms in total. The second kappa shape index (κ2) is 7.40. The van der Waals surface area contributed by atoms with E-state index in [4.69, 9.17) is 4.74 Å². The molecule has 0 spiro atoms. The molecule has 0 bridgehead atoms. The summed E-state index contributed by atoms with van der Waals surface area (Å²) in [4.78, 5) is 12.1. The fourth-order valence-electron chi connectivity index (χ4n) is 1.73. The van der Waals surface area contributed by atoms with Gasteiger partial charge < -0.3 is 10.1 Å². The third-order valence-corrected chi connectivity index (χ3v) is 3.42. The minimum Gasteiger partial charge on any atom is -0.494 e. The van der Waals surface area contributed by atoms with Crippen LogP contribution in [-0.2, 0) is 0 Å². The van der Waals surface area contributed by atoms with Crippen molar-refractivity contribution in [1.29, 1.82) is 0 Å². The molecule has 2 aromatic carbocycles. The van der Waals surface area contributed by atoms with E-state index >= 15 is 0 Å². The number of halogens is 2. The van der Waals surface area contributed by atoms with Gasteiger partial charge in [-0.3, -0.25) is 4.79 Å². The Hall–Kier alpha value is -1.63. The second-order valence-corrected chi connectivity index (χ2v) is 5.70. The summed E-state index contributed by atoms with van der Waals surface area (Å²) in [7, 11) is 0. The fourth-order valence-corrected chi connectivity index (χ4v) is 2.19. The van der Waals surface area contributed by atoms with E-state index in [0.29, 0.717) is 17.9 Å². The average Bonchev–Trinajstić information content (AvgIpc) is 2.48. The molecule has 0 aromatic heterocycles. The summed E-state index contributed by atoms with van der Waals surface area (Å²) in [6, 6.07) is 11.5. The minimum absolute atomic E-state index is 0.167. The zero-order valence-corrected chi connectivity index (χ0v) is 13.7. The Kier molecular flexibility index (Phi) is 5.55. The number of amides is 1. The maximum Gasteiger partial charge on any atom is 0.255 e. The molecule has 110 valence electrons. The van der Waals surface area contributed by atoms with Crippen LogP contribution in [-0.4, -0.2) is 12.5 Å². The topological polar surface area (TPSA) is 38.3 Å². The van der Waals surface area contributed by atoms with E-state index in [1.807, 2.05) is 29.5 Å². The van der Waals surface area contributed by atoms with Crippen molar-refractivity contribution in [3.05, 3.63) is 57.4 Å². The molecule has 0 saturated carbocycles. The van der Waals surface area contributed by atoms with Crippen molar-refractivity contribution in [1.82, 2.24) is 0 Å². The first-order chi connectivity index (χ1) is 10.1. The predicted octanol–water partition coefficient (Wildman–Crippen LogP) is 4.47. The first-order valence-corrected chi connectivity index (χ1v) is 7.67. The normalized spacial score (nSPS) is 10.2. The lowest BCUT2D eigenvalue weighted by Gasteiger charge is -2.09.